The minimum absolute atomic E-state index is 0.0834. The van der Waals surface area contributed by atoms with Gasteiger partial charge in [0.1, 0.15) is 5.82 Å². The number of imidazole rings is 1. The first-order valence-corrected chi connectivity index (χ1v) is 8.80. The maximum absolute atomic E-state index is 11.9. The van der Waals surface area contributed by atoms with Gasteiger partial charge >= 0.3 is 0 Å². The van der Waals surface area contributed by atoms with Gasteiger partial charge in [-0.1, -0.05) is 18.2 Å². The zero-order valence-corrected chi connectivity index (χ0v) is 14.7. The molecule has 1 aliphatic heterocycles. The van der Waals surface area contributed by atoms with Gasteiger partial charge < -0.3 is 15.2 Å². The van der Waals surface area contributed by atoms with Crippen molar-refractivity contribution in [2.24, 2.45) is 7.05 Å². The van der Waals surface area contributed by atoms with Gasteiger partial charge in [-0.25, -0.2) is 4.98 Å². The summed E-state index contributed by atoms with van der Waals surface area (Å²) in [4.78, 5) is 16.4. The van der Waals surface area contributed by atoms with Gasteiger partial charge in [-0.3, -0.25) is 9.48 Å². The predicted octanol–water partition coefficient (Wildman–Crippen LogP) is 1.72. The minimum Gasteiger partial charge on any atom is -0.346 e. The SMILES string of the molecule is Cn1nccc1[C@@H]1NC(=O)CC[C@H]1NCc1nccn1-c1ccccc1. The lowest BCUT2D eigenvalue weighted by atomic mass is 9.95. The van der Waals surface area contributed by atoms with Gasteiger partial charge in [0.25, 0.3) is 0 Å². The molecule has 3 heterocycles. The van der Waals surface area contributed by atoms with Gasteiger partial charge in [0.2, 0.25) is 5.91 Å². The summed E-state index contributed by atoms with van der Waals surface area (Å²) in [5.74, 6) is 1.02. The molecule has 26 heavy (non-hydrogen) atoms. The van der Waals surface area contributed by atoms with Gasteiger partial charge in [0, 0.05) is 43.8 Å². The van der Waals surface area contributed by atoms with Crippen molar-refractivity contribution in [3.63, 3.8) is 0 Å². The fraction of sp³-hybridized carbons (Fsp3) is 0.316. The Bertz CT molecular complexity index is 884. The molecule has 134 valence electrons. The van der Waals surface area contributed by atoms with Crippen LogP contribution in [-0.4, -0.2) is 31.3 Å². The van der Waals surface area contributed by atoms with Crippen molar-refractivity contribution in [1.29, 1.82) is 0 Å². The maximum atomic E-state index is 11.9. The van der Waals surface area contributed by atoms with Gasteiger partial charge in [0.05, 0.1) is 18.3 Å². The molecular formula is C19H22N6O. The van der Waals surface area contributed by atoms with E-state index in [0.29, 0.717) is 13.0 Å². The van der Waals surface area contributed by atoms with E-state index in [1.807, 2.05) is 48.4 Å². The summed E-state index contributed by atoms with van der Waals surface area (Å²) in [5, 5.41) is 10.9. The van der Waals surface area contributed by atoms with Crippen LogP contribution in [0.2, 0.25) is 0 Å². The average molecular weight is 350 g/mol. The number of amides is 1. The lowest BCUT2D eigenvalue weighted by Crippen LogP contribution is -2.48. The smallest absolute Gasteiger partial charge is 0.220 e. The summed E-state index contributed by atoms with van der Waals surface area (Å²) in [6.07, 6.45) is 6.85. The molecule has 2 atom stereocenters. The van der Waals surface area contributed by atoms with Crippen LogP contribution in [0.4, 0.5) is 0 Å². The van der Waals surface area contributed by atoms with Crippen LogP contribution >= 0.6 is 0 Å². The molecule has 0 radical (unpaired) electrons. The number of carbonyl (C=O) groups is 1. The predicted molar refractivity (Wildman–Crippen MR) is 97.5 cm³/mol. The molecule has 2 N–H and O–H groups in total. The summed E-state index contributed by atoms with van der Waals surface area (Å²) in [5.41, 5.74) is 2.09. The van der Waals surface area contributed by atoms with Crippen LogP contribution in [0.5, 0.6) is 0 Å². The molecule has 1 saturated heterocycles. The molecule has 0 spiro atoms. The van der Waals surface area contributed by atoms with Crippen molar-refractivity contribution in [2.75, 3.05) is 0 Å². The number of benzene rings is 1. The molecular weight excluding hydrogens is 328 g/mol. The van der Waals surface area contributed by atoms with Crippen LogP contribution in [0.25, 0.3) is 5.69 Å². The number of para-hydroxylation sites is 1. The summed E-state index contributed by atoms with van der Waals surface area (Å²) < 4.78 is 3.89. The molecule has 1 fully saturated rings. The van der Waals surface area contributed by atoms with Crippen LogP contribution < -0.4 is 10.6 Å². The average Bonchev–Trinajstić information content (AvgIpc) is 3.30. The first-order valence-electron chi connectivity index (χ1n) is 8.80. The van der Waals surface area contributed by atoms with E-state index < -0.39 is 0 Å². The van der Waals surface area contributed by atoms with Crippen LogP contribution in [0, 0.1) is 0 Å². The van der Waals surface area contributed by atoms with Crippen molar-refractivity contribution in [2.45, 2.75) is 31.5 Å². The second-order valence-electron chi connectivity index (χ2n) is 6.50. The zero-order valence-electron chi connectivity index (χ0n) is 14.7. The first kappa shape index (κ1) is 16.5. The number of nitrogens with zero attached hydrogens (tertiary/aromatic N) is 4. The zero-order chi connectivity index (χ0) is 17.9. The summed E-state index contributed by atoms with van der Waals surface area (Å²) in [6, 6.07) is 12.1. The number of piperidine rings is 1. The molecule has 7 heteroatoms. The van der Waals surface area contributed by atoms with E-state index in [0.717, 1.165) is 23.6 Å². The highest BCUT2D eigenvalue weighted by molar-refractivity contribution is 5.77. The molecule has 4 rings (SSSR count). The number of hydrogen-bond acceptors (Lipinski definition) is 4. The maximum Gasteiger partial charge on any atom is 0.220 e. The Morgan fingerprint density at radius 3 is 2.85 bits per heavy atom. The highest BCUT2D eigenvalue weighted by Gasteiger charge is 2.31. The van der Waals surface area contributed by atoms with Gasteiger partial charge in [0.15, 0.2) is 0 Å². The number of hydrogen-bond donors (Lipinski definition) is 2. The Hall–Kier alpha value is -2.93. The van der Waals surface area contributed by atoms with Crippen LogP contribution in [0.3, 0.4) is 0 Å². The highest BCUT2D eigenvalue weighted by atomic mass is 16.1. The van der Waals surface area contributed by atoms with E-state index in [-0.39, 0.29) is 18.0 Å². The Morgan fingerprint density at radius 1 is 1.23 bits per heavy atom. The Morgan fingerprint density at radius 2 is 2.08 bits per heavy atom. The van der Waals surface area contributed by atoms with Crippen LogP contribution in [0.1, 0.15) is 30.4 Å². The summed E-state index contributed by atoms with van der Waals surface area (Å²) >= 11 is 0. The van der Waals surface area contributed by atoms with Crippen molar-refractivity contribution in [3.8, 4) is 5.69 Å². The Kier molecular flexibility index (Phi) is 4.53. The molecule has 1 aliphatic rings. The van der Waals surface area contributed by atoms with Gasteiger partial charge in [-0.05, 0) is 24.6 Å². The Balaban J connectivity index is 1.51. The number of nitrogens with one attached hydrogen (secondary N) is 2. The van der Waals surface area contributed by atoms with Gasteiger partial charge in [-0.2, -0.15) is 5.10 Å². The van der Waals surface area contributed by atoms with Crippen molar-refractivity contribution in [3.05, 3.63) is 66.5 Å². The largest absolute Gasteiger partial charge is 0.346 e. The molecule has 0 bridgehead atoms. The quantitative estimate of drug-likeness (QED) is 0.734. The van der Waals surface area contributed by atoms with Crippen molar-refractivity contribution >= 4 is 5.91 Å². The molecule has 2 aromatic heterocycles. The van der Waals surface area contributed by atoms with Crippen LogP contribution in [0.15, 0.2) is 55.0 Å². The second kappa shape index (κ2) is 7.13. The lowest BCUT2D eigenvalue weighted by molar-refractivity contribution is -0.124. The number of aryl methyl sites for hydroxylation is 1. The van der Waals surface area contributed by atoms with E-state index in [9.17, 15) is 4.79 Å². The molecule has 0 aliphatic carbocycles. The summed E-state index contributed by atoms with van der Waals surface area (Å²) in [7, 11) is 1.90. The highest BCUT2D eigenvalue weighted by Crippen LogP contribution is 2.24. The molecule has 0 unspecified atom stereocenters. The van der Waals surface area contributed by atoms with Crippen LogP contribution in [-0.2, 0) is 18.4 Å². The fourth-order valence-electron chi connectivity index (χ4n) is 3.50. The molecule has 0 saturated carbocycles. The summed E-state index contributed by atoms with van der Waals surface area (Å²) in [6.45, 7) is 0.622. The lowest BCUT2D eigenvalue weighted by Gasteiger charge is -2.33. The number of aromatic nitrogens is 4. The second-order valence-corrected chi connectivity index (χ2v) is 6.50. The first-order chi connectivity index (χ1) is 12.7. The van der Waals surface area contributed by atoms with Gasteiger partial charge in [-0.15, -0.1) is 0 Å². The third kappa shape index (κ3) is 3.25. The monoisotopic (exact) mass is 350 g/mol. The van der Waals surface area contributed by atoms with E-state index >= 15 is 0 Å². The number of rotatable bonds is 5. The Labute approximate surface area is 152 Å². The molecule has 1 aromatic carbocycles. The molecule has 1 amide bonds. The van der Waals surface area contributed by atoms with Crippen molar-refractivity contribution in [1.82, 2.24) is 30.0 Å². The molecule has 7 nitrogen and oxygen atoms in total. The third-order valence-electron chi connectivity index (χ3n) is 4.85. The van der Waals surface area contributed by atoms with Crippen molar-refractivity contribution < 1.29 is 4.79 Å². The normalized spacial score (nSPS) is 20.1. The van der Waals surface area contributed by atoms with E-state index in [4.69, 9.17) is 0 Å². The topological polar surface area (TPSA) is 76.8 Å². The minimum atomic E-state index is -0.0936. The fourth-order valence-corrected chi connectivity index (χ4v) is 3.50. The number of carbonyl (C=O) groups excluding carboxylic acids is 1. The standard InChI is InChI=1S/C19H22N6O/c1-24-16(9-10-22-24)19-15(7-8-18(26)23-19)21-13-17-20-11-12-25(17)14-5-3-2-4-6-14/h2-6,9-12,15,19,21H,7-8,13H2,1H3,(H,23,26)/t15-,19-/m1/s1. The van der Waals surface area contributed by atoms with E-state index in [2.05, 4.69) is 37.4 Å². The third-order valence-corrected chi connectivity index (χ3v) is 4.85. The molecule has 3 aromatic rings. The van der Waals surface area contributed by atoms with E-state index in [1.54, 1.807) is 6.20 Å². The van der Waals surface area contributed by atoms with E-state index in [1.165, 1.54) is 0 Å².